The smallest absolute Gasteiger partial charge is 0.377 e. The average Bonchev–Trinajstić information content (AvgIpc) is 3.11. The van der Waals surface area contributed by atoms with Gasteiger partial charge in [-0.1, -0.05) is 6.07 Å². The van der Waals surface area contributed by atoms with Gasteiger partial charge in [-0.05, 0) is 44.0 Å². The Hall–Kier alpha value is -2.12. The highest BCUT2D eigenvalue weighted by molar-refractivity contribution is 7.92. The predicted molar refractivity (Wildman–Crippen MR) is 102 cm³/mol. The molecule has 2 aliphatic heterocycles. The molecule has 2 aliphatic rings. The van der Waals surface area contributed by atoms with Gasteiger partial charge >= 0.3 is 12.4 Å². The minimum Gasteiger partial charge on any atom is -0.377 e. The van der Waals surface area contributed by atoms with Crippen LogP contribution in [0.3, 0.4) is 0 Å². The Balaban J connectivity index is 1.69. The third-order valence-electron chi connectivity index (χ3n) is 6.04. The number of rotatable bonds is 4. The molecule has 1 aromatic carbocycles. The molecule has 33 heavy (non-hydrogen) atoms. The van der Waals surface area contributed by atoms with E-state index in [0.717, 1.165) is 28.9 Å². The zero-order valence-corrected chi connectivity index (χ0v) is 18.1. The maximum atomic E-state index is 13.4. The fraction of sp³-hybridized carbons (Fsp3) is 0.550. The van der Waals surface area contributed by atoms with Gasteiger partial charge in [-0.15, -0.1) is 0 Å². The summed E-state index contributed by atoms with van der Waals surface area (Å²) < 4.78 is 116. The van der Waals surface area contributed by atoms with Crippen LogP contribution in [0.1, 0.15) is 48.9 Å². The zero-order chi connectivity index (χ0) is 24.2. The Kier molecular flexibility index (Phi) is 5.81. The van der Waals surface area contributed by atoms with Gasteiger partial charge in [0.1, 0.15) is 6.10 Å². The van der Waals surface area contributed by atoms with Crippen LogP contribution in [0.25, 0.3) is 0 Å². The van der Waals surface area contributed by atoms with Crippen molar-refractivity contribution < 1.29 is 44.2 Å². The largest absolute Gasteiger partial charge is 0.435 e. The second-order valence-corrected chi connectivity index (χ2v) is 10.8. The first-order valence-corrected chi connectivity index (χ1v) is 11.5. The van der Waals surface area contributed by atoms with E-state index in [-0.39, 0.29) is 38.4 Å². The van der Waals surface area contributed by atoms with Crippen molar-refractivity contribution in [2.45, 2.75) is 53.9 Å². The number of aromatic nitrogens is 2. The molecule has 0 amide bonds. The molecule has 0 saturated carbocycles. The summed E-state index contributed by atoms with van der Waals surface area (Å²) in [5, 5.41) is 3.64. The minimum atomic E-state index is -4.73. The fourth-order valence-corrected chi connectivity index (χ4v) is 5.80. The molecule has 4 rings (SSSR count). The standard InChI is InChI=1S/C20H20F6N2O4S/c1-18(33(29,30)14-4-2-3-12(7-14)19(21,22)23)5-6-32-16(9-18)15-8-17(20(24,25)26)27-28(15)13-10-31-11-13/h2-4,7-8,13,16H,5-6,9-11H2,1H3/t16-,18+/m0/s1. The monoisotopic (exact) mass is 498 g/mol. The van der Waals surface area contributed by atoms with Gasteiger partial charge in [0, 0.05) is 6.61 Å². The molecule has 1 aromatic heterocycles. The molecule has 0 N–H and O–H groups in total. The predicted octanol–water partition coefficient (Wildman–Crippen LogP) is 4.58. The van der Waals surface area contributed by atoms with Crippen molar-refractivity contribution in [1.82, 2.24) is 9.78 Å². The van der Waals surface area contributed by atoms with Gasteiger partial charge in [-0.2, -0.15) is 31.4 Å². The summed E-state index contributed by atoms with van der Waals surface area (Å²) >= 11 is 0. The van der Waals surface area contributed by atoms with Crippen molar-refractivity contribution in [1.29, 1.82) is 0 Å². The maximum absolute atomic E-state index is 13.4. The third-order valence-corrected chi connectivity index (χ3v) is 8.58. The van der Waals surface area contributed by atoms with Crippen LogP contribution in [-0.2, 0) is 31.7 Å². The summed E-state index contributed by atoms with van der Waals surface area (Å²) in [6.07, 6.45) is -10.8. The van der Waals surface area contributed by atoms with Crippen molar-refractivity contribution in [2.24, 2.45) is 0 Å². The lowest BCUT2D eigenvalue weighted by molar-refractivity contribution is -0.142. The lowest BCUT2D eigenvalue weighted by Gasteiger charge is -2.38. The Labute approximate surface area is 185 Å². The first-order valence-electron chi connectivity index (χ1n) is 10.0. The highest BCUT2D eigenvalue weighted by Crippen LogP contribution is 2.44. The van der Waals surface area contributed by atoms with E-state index >= 15 is 0 Å². The number of alkyl halides is 6. The Bertz CT molecular complexity index is 1140. The summed E-state index contributed by atoms with van der Waals surface area (Å²) in [6, 6.07) is 3.81. The van der Waals surface area contributed by atoms with E-state index < -0.39 is 55.2 Å². The number of hydrogen-bond acceptors (Lipinski definition) is 5. The number of hydrogen-bond donors (Lipinski definition) is 0. The van der Waals surface area contributed by atoms with Crippen LogP contribution < -0.4 is 0 Å². The Morgan fingerprint density at radius 2 is 1.79 bits per heavy atom. The van der Waals surface area contributed by atoms with Crippen molar-refractivity contribution in [3.05, 3.63) is 47.3 Å². The van der Waals surface area contributed by atoms with Gasteiger partial charge in [0.05, 0.1) is 40.2 Å². The van der Waals surface area contributed by atoms with Crippen molar-refractivity contribution in [3.8, 4) is 0 Å². The Morgan fingerprint density at radius 3 is 2.36 bits per heavy atom. The molecular formula is C20H20F6N2O4S. The van der Waals surface area contributed by atoms with Crippen LogP contribution in [-0.4, -0.2) is 42.8 Å². The van der Waals surface area contributed by atoms with E-state index in [1.54, 1.807) is 0 Å². The van der Waals surface area contributed by atoms with E-state index in [1.807, 2.05) is 0 Å². The van der Waals surface area contributed by atoms with Crippen LogP contribution in [0.5, 0.6) is 0 Å². The molecule has 0 spiro atoms. The van der Waals surface area contributed by atoms with Gasteiger partial charge in [0.2, 0.25) is 0 Å². The van der Waals surface area contributed by atoms with Gasteiger partial charge in [-0.3, -0.25) is 4.68 Å². The minimum absolute atomic E-state index is 0.0329. The lowest BCUT2D eigenvalue weighted by atomic mass is 9.94. The number of sulfone groups is 1. The summed E-state index contributed by atoms with van der Waals surface area (Å²) in [4.78, 5) is -0.502. The second-order valence-electron chi connectivity index (χ2n) is 8.38. The summed E-state index contributed by atoms with van der Waals surface area (Å²) in [5.74, 6) is 0. The van der Waals surface area contributed by atoms with Crippen LogP contribution in [0.2, 0.25) is 0 Å². The molecule has 0 unspecified atom stereocenters. The average molecular weight is 498 g/mol. The molecule has 0 radical (unpaired) electrons. The SMILES string of the molecule is C[C@@]1(S(=O)(=O)c2cccc(C(F)(F)F)c2)CCO[C@H](c2cc(C(F)(F)F)nn2C2COC2)C1. The van der Waals surface area contributed by atoms with Crippen molar-refractivity contribution >= 4 is 9.84 Å². The lowest BCUT2D eigenvalue weighted by Crippen LogP contribution is -2.43. The fourth-order valence-electron chi connectivity index (χ4n) is 3.97. The number of benzene rings is 1. The number of nitrogens with zero attached hydrogens (tertiary/aromatic N) is 2. The normalized spacial score (nSPS) is 25.1. The Morgan fingerprint density at radius 1 is 1.09 bits per heavy atom. The highest BCUT2D eigenvalue weighted by Gasteiger charge is 2.47. The molecular weight excluding hydrogens is 478 g/mol. The van der Waals surface area contributed by atoms with E-state index in [9.17, 15) is 34.8 Å². The van der Waals surface area contributed by atoms with Gasteiger partial charge in [-0.25, -0.2) is 8.42 Å². The zero-order valence-electron chi connectivity index (χ0n) is 17.3. The van der Waals surface area contributed by atoms with Crippen molar-refractivity contribution in [2.75, 3.05) is 19.8 Å². The van der Waals surface area contributed by atoms with Crippen molar-refractivity contribution in [3.63, 3.8) is 0 Å². The first-order chi connectivity index (χ1) is 15.2. The van der Waals surface area contributed by atoms with E-state index in [0.29, 0.717) is 6.07 Å². The van der Waals surface area contributed by atoms with Crippen LogP contribution in [0.4, 0.5) is 26.3 Å². The quantitative estimate of drug-likeness (QED) is 0.578. The van der Waals surface area contributed by atoms with Gasteiger partial charge < -0.3 is 9.47 Å². The molecule has 2 fully saturated rings. The molecule has 13 heteroatoms. The molecule has 2 atom stereocenters. The van der Waals surface area contributed by atoms with Crippen LogP contribution >= 0.6 is 0 Å². The summed E-state index contributed by atoms with van der Waals surface area (Å²) in [5.41, 5.74) is -2.18. The molecule has 0 bridgehead atoms. The molecule has 2 aromatic rings. The van der Waals surface area contributed by atoms with Crippen LogP contribution in [0.15, 0.2) is 35.2 Å². The van der Waals surface area contributed by atoms with Crippen LogP contribution in [0, 0.1) is 0 Å². The van der Waals surface area contributed by atoms with E-state index in [1.165, 1.54) is 6.92 Å². The second kappa shape index (κ2) is 7.98. The third kappa shape index (κ3) is 4.37. The summed E-state index contributed by atoms with van der Waals surface area (Å²) in [7, 11) is -4.29. The number of halogens is 6. The summed E-state index contributed by atoms with van der Waals surface area (Å²) in [6.45, 7) is 1.57. The molecule has 6 nitrogen and oxygen atoms in total. The molecule has 3 heterocycles. The highest BCUT2D eigenvalue weighted by atomic mass is 32.2. The first kappa shape index (κ1) is 24.0. The topological polar surface area (TPSA) is 70.4 Å². The molecule has 0 aliphatic carbocycles. The molecule has 182 valence electrons. The van der Waals surface area contributed by atoms with Gasteiger partial charge in [0.25, 0.3) is 0 Å². The maximum Gasteiger partial charge on any atom is 0.435 e. The van der Waals surface area contributed by atoms with Gasteiger partial charge in [0.15, 0.2) is 15.5 Å². The van der Waals surface area contributed by atoms with E-state index in [4.69, 9.17) is 9.47 Å². The number of ether oxygens (including phenoxy) is 2. The van der Waals surface area contributed by atoms with E-state index in [2.05, 4.69) is 5.10 Å². The molecule has 2 saturated heterocycles.